The second kappa shape index (κ2) is 7.44. The highest BCUT2D eigenvalue weighted by Gasteiger charge is 2.31. The minimum atomic E-state index is -0.447. The van der Waals surface area contributed by atoms with Gasteiger partial charge in [-0.25, -0.2) is 4.79 Å². The molecule has 0 radical (unpaired) electrons. The van der Waals surface area contributed by atoms with Gasteiger partial charge in [0.25, 0.3) is 0 Å². The second-order valence-corrected chi connectivity index (χ2v) is 6.10. The molecule has 0 aliphatic carbocycles. The molecule has 1 aliphatic rings. The molecular formula is C19H22N2O4. The lowest BCUT2D eigenvalue weighted by atomic mass is 10.2. The van der Waals surface area contributed by atoms with Crippen molar-refractivity contribution in [2.75, 3.05) is 19.0 Å². The minimum Gasteiger partial charge on any atom is -0.493 e. The number of amides is 2. The zero-order valence-corrected chi connectivity index (χ0v) is 14.3. The van der Waals surface area contributed by atoms with Crippen LogP contribution in [0.1, 0.15) is 13.3 Å². The predicted molar refractivity (Wildman–Crippen MR) is 95.3 cm³/mol. The van der Waals surface area contributed by atoms with Gasteiger partial charge in [-0.2, -0.15) is 0 Å². The van der Waals surface area contributed by atoms with E-state index in [0.717, 1.165) is 0 Å². The summed E-state index contributed by atoms with van der Waals surface area (Å²) in [6, 6.07) is 14.3. The minimum absolute atomic E-state index is 0.0307. The lowest BCUT2D eigenvalue weighted by Gasteiger charge is -2.21. The van der Waals surface area contributed by atoms with E-state index in [1.807, 2.05) is 31.2 Å². The van der Waals surface area contributed by atoms with Crippen molar-refractivity contribution in [2.45, 2.75) is 25.5 Å². The number of hydrogen-bond acceptors (Lipinski definition) is 4. The van der Waals surface area contributed by atoms with Gasteiger partial charge < -0.3 is 24.8 Å². The Balaban J connectivity index is 1.63. The lowest BCUT2D eigenvalue weighted by molar-refractivity contribution is 0.176. The third-order valence-corrected chi connectivity index (χ3v) is 4.22. The van der Waals surface area contributed by atoms with Gasteiger partial charge in [0.15, 0.2) is 11.5 Å². The number of rotatable bonds is 4. The van der Waals surface area contributed by atoms with Gasteiger partial charge >= 0.3 is 6.03 Å². The van der Waals surface area contributed by atoms with E-state index >= 15 is 0 Å². The molecule has 25 heavy (non-hydrogen) atoms. The number of methoxy groups -OCH3 is 1. The van der Waals surface area contributed by atoms with E-state index in [1.165, 1.54) is 0 Å². The lowest BCUT2D eigenvalue weighted by Crippen LogP contribution is -2.37. The number of nitrogens with zero attached hydrogens (tertiary/aromatic N) is 1. The first-order chi connectivity index (χ1) is 12.1. The molecule has 1 aliphatic heterocycles. The summed E-state index contributed by atoms with van der Waals surface area (Å²) in [6.07, 6.45) is 0.163. The van der Waals surface area contributed by atoms with Gasteiger partial charge in [0.2, 0.25) is 0 Å². The molecule has 6 heteroatoms. The normalized spacial score (nSPS) is 19.6. The number of carbonyl (C=O) groups is 1. The molecule has 2 unspecified atom stereocenters. The van der Waals surface area contributed by atoms with Crippen molar-refractivity contribution in [3.8, 4) is 17.2 Å². The van der Waals surface area contributed by atoms with Crippen molar-refractivity contribution in [2.24, 2.45) is 0 Å². The average molecular weight is 342 g/mol. The highest BCUT2D eigenvalue weighted by molar-refractivity contribution is 5.89. The van der Waals surface area contributed by atoms with Crippen LogP contribution in [0.5, 0.6) is 17.2 Å². The third kappa shape index (κ3) is 4.03. The van der Waals surface area contributed by atoms with Crippen LogP contribution in [0.15, 0.2) is 48.5 Å². The van der Waals surface area contributed by atoms with Gasteiger partial charge in [-0.05, 0) is 49.7 Å². The summed E-state index contributed by atoms with van der Waals surface area (Å²) >= 11 is 0. The van der Waals surface area contributed by atoms with E-state index < -0.39 is 6.10 Å². The summed E-state index contributed by atoms with van der Waals surface area (Å²) in [5.41, 5.74) is 0.672. The zero-order valence-electron chi connectivity index (χ0n) is 14.3. The molecule has 6 nitrogen and oxygen atoms in total. The monoisotopic (exact) mass is 342 g/mol. The maximum atomic E-state index is 12.3. The number of benzene rings is 2. The molecule has 0 bridgehead atoms. The number of aliphatic hydroxyl groups excluding tert-OH is 1. The molecular weight excluding hydrogens is 320 g/mol. The smallest absolute Gasteiger partial charge is 0.322 e. The van der Waals surface area contributed by atoms with Crippen LogP contribution in [0.25, 0.3) is 0 Å². The number of anilines is 1. The molecule has 3 rings (SSSR count). The molecule has 2 amide bonds. The van der Waals surface area contributed by atoms with E-state index in [1.54, 1.807) is 36.3 Å². The highest BCUT2D eigenvalue weighted by Crippen LogP contribution is 2.31. The van der Waals surface area contributed by atoms with Crippen LogP contribution in [-0.2, 0) is 0 Å². The van der Waals surface area contributed by atoms with Crippen molar-refractivity contribution in [3.63, 3.8) is 0 Å². The van der Waals surface area contributed by atoms with E-state index in [2.05, 4.69) is 5.32 Å². The number of urea groups is 1. The van der Waals surface area contributed by atoms with Gasteiger partial charge in [0, 0.05) is 18.3 Å². The topological polar surface area (TPSA) is 71.0 Å². The van der Waals surface area contributed by atoms with Crippen LogP contribution < -0.4 is 14.8 Å². The number of ether oxygens (including phenoxy) is 2. The Morgan fingerprint density at radius 1 is 1.16 bits per heavy atom. The maximum Gasteiger partial charge on any atom is 0.322 e. The molecule has 1 fully saturated rings. The summed E-state index contributed by atoms with van der Waals surface area (Å²) in [5, 5.41) is 12.5. The molecule has 2 N–H and O–H groups in total. The van der Waals surface area contributed by atoms with Gasteiger partial charge in [-0.3, -0.25) is 0 Å². The highest BCUT2D eigenvalue weighted by atomic mass is 16.5. The van der Waals surface area contributed by atoms with Crippen molar-refractivity contribution in [3.05, 3.63) is 48.5 Å². The Morgan fingerprint density at radius 3 is 2.44 bits per heavy atom. The van der Waals surface area contributed by atoms with E-state index in [9.17, 15) is 9.90 Å². The molecule has 1 heterocycles. The molecule has 0 saturated carbocycles. The summed E-state index contributed by atoms with van der Waals surface area (Å²) in [5.74, 6) is 1.93. The standard InChI is InChI=1S/C19H22N2O4/c1-13-11-15(22)12-21(13)19(23)20-14-7-9-16(10-8-14)25-18-6-4-3-5-17(18)24-2/h3-10,13,15,22H,11-12H2,1-2H3,(H,20,23). The first-order valence-corrected chi connectivity index (χ1v) is 8.23. The Morgan fingerprint density at radius 2 is 1.84 bits per heavy atom. The quantitative estimate of drug-likeness (QED) is 0.892. The molecule has 0 spiro atoms. The largest absolute Gasteiger partial charge is 0.493 e. The summed E-state index contributed by atoms with van der Waals surface area (Å²) in [6.45, 7) is 2.29. The van der Waals surface area contributed by atoms with E-state index in [4.69, 9.17) is 9.47 Å². The summed E-state index contributed by atoms with van der Waals surface area (Å²) in [7, 11) is 1.59. The number of para-hydroxylation sites is 2. The second-order valence-electron chi connectivity index (χ2n) is 6.10. The number of aliphatic hydroxyl groups is 1. The average Bonchev–Trinajstić information content (AvgIpc) is 2.95. The number of β-amino-alcohol motifs (C(OH)–C–C–N with tert-alkyl or cyclic N) is 1. The molecule has 2 aromatic carbocycles. The van der Waals surface area contributed by atoms with Crippen LogP contribution in [-0.4, -0.2) is 41.8 Å². The Labute approximate surface area is 147 Å². The molecule has 0 aromatic heterocycles. The van der Waals surface area contributed by atoms with E-state index in [0.29, 0.717) is 35.9 Å². The zero-order chi connectivity index (χ0) is 17.8. The van der Waals surface area contributed by atoms with Crippen molar-refractivity contribution in [1.29, 1.82) is 0 Å². The Bertz CT molecular complexity index is 732. The van der Waals surface area contributed by atoms with Crippen LogP contribution in [0.2, 0.25) is 0 Å². The fourth-order valence-corrected chi connectivity index (χ4v) is 2.92. The third-order valence-electron chi connectivity index (χ3n) is 4.22. The van der Waals surface area contributed by atoms with Crippen LogP contribution in [0.4, 0.5) is 10.5 Å². The van der Waals surface area contributed by atoms with Gasteiger partial charge in [-0.1, -0.05) is 12.1 Å². The number of nitrogens with one attached hydrogen (secondary N) is 1. The van der Waals surface area contributed by atoms with Crippen LogP contribution >= 0.6 is 0 Å². The van der Waals surface area contributed by atoms with Crippen molar-refractivity contribution in [1.82, 2.24) is 4.90 Å². The Kier molecular flexibility index (Phi) is 5.09. The summed E-state index contributed by atoms with van der Waals surface area (Å²) in [4.78, 5) is 13.9. The van der Waals surface area contributed by atoms with Crippen LogP contribution in [0, 0.1) is 0 Å². The predicted octanol–water partition coefficient (Wildman–Crippen LogP) is 3.47. The first-order valence-electron chi connectivity index (χ1n) is 8.23. The molecule has 132 valence electrons. The van der Waals surface area contributed by atoms with Gasteiger partial charge in [0.1, 0.15) is 5.75 Å². The van der Waals surface area contributed by atoms with Crippen molar-refractivity contribution >= 4 is 11.7 Å². The Hall–Kier alpha value is -2.73. The molecule has 2 aromatic rings. The maximum absolute atomic E-state index is 12.3. The number of carbonyl (C=O) groups excluding carboxylic acids is 1. The first kappa shape index (κ1) is 17.1. The molecule has 2 atom stereocenters. The molecule has 1 saturated heterocycles. The fourth-order valence-electron chi connectivity index (χ4n) is 2.92. The summed E-state index contributed by atoms with van der Waals surface area (Å²) < 4.78 is 11.1. The fraction of sp³-hybridized carbons (Fsp3) is 0.316. The van der Waals surface area contributed by atoms with Gasteiger partial charge in [0.05, 0.1) is 13.2 Å². The van der Waals surface area contributed by atoms with Gasteiger partial charge in [-0.15, -0.1) is 0 Å². The number of likely N-dealkylation sites (tertiary alicyclic amines) is 1. The van der Waals surface area contributed by atoms with Crippen molar-refractivity contribution < 1.29 is 19.4 Å². The SMILES string of the molecule is COc1ccccc1Oc1ccc(NC(=O)N2CC(O)CC2C)cc1. The number of hydrogen-bond donors (Lipinski definition) is 2. The van der Waals surface area contributed by atoms with E-state index in [-0.39, 0.29) is 12.1 Å². The van der Waals surface area contributed by atoms with Crippen LogP contribution in [0.3, 0.4) is 0 Å².